The molecule has 0 fully saturated rings. The van der Waals surface area contributed by atoms with Gasteiger partial charge in [-0.2, -0.15) is 0 Å². The zero-order valence-corrected chi connectivity index (χ0v) is 7.78. The van der Waals surface area contributed by atoms with Crippen molar-refractivity contribution in [1.82, 2.24) is 0 Å². The molecule has 0 aliphatic rings. The molecule has 0 radical (unpaired) electrons. The van der Waals surface area contributed by atoms with Gasteiger partial charge in [0.1, 0.15) is 0 Å². The van der Waals surface area contributed by atoms with E-state index in [-0.39, 0.29) is 0 Å². The van der Waals surface area contributed by atoms with Gasteiger partial charge in [0.25, 0.3) is 0 Å². The van der Waals surface area contributed by atoms with Gasteiger partial charge in [0.2, 0.25) is 0 Å². The first-order valence-corrected chi connectivity index (χ1v) is 4.42. The van der Waals surface area contributed by atoms with Crippen LogP contribution in [0.2, 0.25) is 0 Å². The van der Waals surface area contributed by atoms with E-state index < -0.39 is 5.97 Å². The Morgan fingerprint density at radius 1 is 1.23 bits per heavy atom. The predicted octanol–water partition coefficient (Wildman–Crippen LogP) is 2.93. The molecule has 0 aromatic heterocycles. The lowest BCUT2D eigenvalue weighted by atomic mass is 10.2. The van der Waals surface area contributed by atoms with Crippen LogP contribution in [0.3, 0.4) is 0 Å². The minimum absolute atomic E-state index is 0.695. The first kappa shape index (κ1) is 11.7. The summed E-state index contributed by atoms with van der Waals surface area (Å²) in [5.41, 5.74) is 0. The van der Waals surface area contributed by atoms with Crippen LogP contribution in [0, 0.1) is 0 Å². The number of carbonyl (C=O) groups is 1. The summed E-state index contributed by atoms with van der Waals surface area (Å²) in [6.45, 7) is 3.63. The molecule has 0 aromatic carbocycles. The van der Waals surface area contributed by atoms with Crippen molar-refractivity contribution < 1.29 is 9.90 Å². The van der Waals surface area contributed by atoms with Crippen LogP contribution >= 0.6 is 0 Å². The zero-order valence-electron chi connectivity index (χ0n) is 7.78. The molecule has 0 aliphatic heterocycles. The van der Waals surface area contributed by atoms with Gasteiger partial charge in [0, 0.05) is 6.08 Å². The fourth-order valence-electron chi connectivity index (χ4n) is 0.842. The minimum Gasteiger partial charge on any atom is -0.478 e. The fourth-order valence-corrected chi connectivity index (χ4v) is 0.842. The first-order chi connectivity index (χ1) is 6.27. The third kappa shape index (κ3) is 10.7. The maximum absolute atomic E-state index is 10.1. The van der Waals surface area contributed by atoms with Gasteiger partial charge in [-0.05, 0) is 25.7 Å². The molecule has 2 nitrogen and oxygen atoms in total. The van der Waals surface area contributed by atoms with Crippen molar-refractivity contribution in [3.05, 3.63) is 37.0 Å². The molecular weight excluding hydrogens is 164 g/mol. The van der Waals surface area contributed by atoms with E-state index in [1.165, 1.54) is 0 Å². The van der Waals surface area contributed by atoms with E-state index >= 15 is 0 Å². The Balaban J connectivity index is 3.31. The van der Waals surface area contributed by atoms with Crippen LogP contribution in [0.4, 0.5) is 0 Å². The normalized spacial score (nSPS) is 11.1. The highest BCUT2D eigenvalue weighted by Gasteiger charge is 1.82. The third-order valence-electron chi connectivity index (χ3n) is 1.48. The van der Waals surface area contributed by atoms with Gasteiger partial charge in [-0.3, -0.25) is 0 Å². The van der Waals surface area contributed by atoms with Crippen molar-refractivity contribution in [3.8, 4) is 0 Å². The van der Waals surface area contributed by atoms with Crippen LogP contribution in [-0.4, -0.2) is 11.1 Å². The number of allylic oxidation sites excluding steroid dienone is 4. The molecule has 13 heavy (non-hydrogen) atoms. The lowest BCUT2D eigenvalue weighted by Crippen LogP contribution is -1.84. The van der Waals surface area contributed by atoms with E-state index in [4.69, 9.17) is 5.11 Å². The monoisotopic (exact) mass is 180 g/mol. The summed E-state index contributed by atoms with van der Waals surface area (Å²) in [5.74, 6) is -0.889. The molecule has 0 saturated carbocycles. The molecule has 1 N–H and O–H groups in total. The van der Waals surface area contributed by atoms with E-state index in [9.17, 15) is 4.79 Å². The predicted molar refractivity (Wildman–Crippen MR) is 54.6 cm³/mol. The van der Waals surface area contributed by atoms with Crippen molar-refractivity contribution in [2.75, 3.05) is 0 Å². The molecule has 0 atom stereocenters. The van der Waals surface area contributed by atoms with Crippen molar-refractivity contribution in [2.24, 2.45) is 0 Å². The van der Waals surface area contributed by atoms with Crippen LogP contribution in [0.25, 0.3) is 0 Å². The highest BCUT2D eigenvalue weighted by molar-refractivity contribution is 5.79. The first-order valence-electron chi connectivity index (χ1n) is 4.42. The summed E-state index contributed by atoms with van der Waals surface area (Å²) >= 11 is 0. The average Bonchev–Trinajstić information content (AvgIpc) is 2.09. The quantitative estimate of drug-likeness (QED) is 0.371. The summed E-state index contributed by atoms with van der Waals surface area (Å²) in [6, 6.07) is 0. The maximum atomic E-state index is 10.1. The highest BCUT2D eigenvalue weighted by Crippen LogP contribution is 1.97. The molecule has 0 unspecified atom stereocenters. The van der Waals surface area contributed by atoms with Gasteiger partial charge in [0.15, 0.2) is 0 Å². The van der Waals surface area contributed by atoms with Crippen LogP contribution in [0.15, 0.2) is 37.0 Å². The molecule has 0 aromatic rings. The van der Waals surface area contributed by atoms with Gasteiger partial charge in [-0.25, -0.2) is 4.79 Å². The number of hydrogen-bond acceptors (Lipinski definition) is 1. The van der Waals surface area contributed by atoms with E-state index in [1.54, 1.807) is 6.08 Å². The number of carboxylic acid groups (broad SMARTS) is 1. The summed E-state index contributed by atoms with van der Waals surface area (Å²) in [4.78, 5) is 10.1. The molecule has 0 aliphatic carbocycles. The van der Waals surface area contributed by atoms with Gasteiger partial charge in [0.05, 0.1) is 0 Å². The molecule has 0 amide bonds. The van der Waals surface area contributed by atoms with E-state index in [1.807, 2.05) is 12.2 Å². The Kier molecular flexibility index (Phi) is 7.90. The molecule has 0 heterocycles. The van der Waals surface area contributed by atoms with Crippen molar-refractivity contribution >= 4 is 5.97 Å². The van der Waals surface area contributed by atoms with Crippen molar-refractivity contribution in [1.29, 1.82) is 0 Å². The second kappa shape index (κ2) is 8.78. The number of rotatable bonds is 7. The molecule has 72 valence electrons. The van der Waals surface area contributed by atoms with E-state index in [2.05, 4.69) is 12.7 Å². The molecule has 0 rings (SSSR count). The zero-order chi connectivity index (χ0) is 9.94. The Morgan fingerprint density at radius 3 is 2.62 bits per heavy atom. The van der Waals surface area contributed by atoms with Crippen LogP contribution in [0.5, 0.6) is 0 Å². The number of unbranched alkanes of at least 4 members (excludes halogenated alkanes) is 2. The standard InChI is InChI=1S/C11H16O2/c1-2-3-4-5-6-7-8-9-10-11(12)13/h2,6-7,9-10H,1,3-5,8H2,(H,12,13). The lowest BCUT2D eigenvalue weighted by Gasteiger charge is -1.87. The summed E-state index contributed by atoms with van der Waals surface area (Å²) in [5, 5.41) is 8.26. The summed E-state index contributed by atoms with van der Waals surface area (Å²) < 4.78 is 0. The van der Waals surface area contributed by atoms with Crippen LogP contribution in [-0.2, 0) is 4.79 Å². The smallest absolute Gasteiger partial charge is 0.327 e. The van der Waals surface area contributed by atoms with Gasteiger partial charge >= 0.3 is 5.97 Å². The van der Waals surface area contributed by atoms with E-state index in [0.717, 1.165) is 25.3 Å². The fraction of sp³-hybridized carbons (Fsp3) is 0.364. The van der Waals surface area contributed by atoms with Crippen molar-refractivity contribution in [3.63, 3.8) is 0 Å². The van der Waals surface area contributed by atoms with Gasteiger partial charge in [-0.15, -0.1) is 6.58 Å². The second-order valence-corrected chi connectivity index (χ2v) is 2.67. The molecule has 0 spiro atoms. The topological polar surface area (TPSA) is 37.3 Å². The Morgan fingerprint density at radius 2 is 2.00 bits per heavy atom. The number of carboxylic acids is 1. The van der Waals surface area contributed by atoms with Gasteiger partial charge in [-0.1, -0.05) is 24.3 Å². The van der Waals surface area contributed by atoms with Crippen molar-refractivity contribution in [2.45, 2.75) is 25.7 Å². The largest absolute Gasteiger partial charge is 0.478 e. The third-order valence-corrected chi connectivity index (χ3v) is 1.48. The minimum atomic E-state index is -0.889. The number of aliphatic carboxylic acids is 1. The van der Waals surface area contributed by atoms with Crippen LogP contribution in [0.1, 0.15) is 25.7 Å². The number of hydrogen-bond donors (Lipinski definition) is 1. The lowest BCUT2D eigenvalue weighted by molar-refractivity contribution is -0.131. The second-order valence-electron chi connectivity index (χ2n) is 2.67. The summed E-state index contributed by atoms with van der Waals surface area (Å²) in [7, 11) is 0. The van der Waals surface area contributed by atoms with Gasteiger partial charge < -0.3 is 5.11 Å². The summed E-state index contributed by atoms with van der Waals surface area (Å²) in [6.07, 6.45) is 12.6. The van der Waals surface area contributed by atoms with Crippen LogP contribution < -0.4 is 0 Å². The Bertz CT molecular complexity index is 202. The Hall–Kier alpha value is -1.31. The average molecular weight is 180 g/mol. The molecular formula is C11H16O2. The SMILES string of the molecule is C=CCCCC=CCC=CC(=O)O. The molecule has 0 saturated heterocycles. The maximum Gasteiger partial charge on any atom is 0.327 e. The molecule has 0 bridgehead atoms. The molecule has 2 heteroatoms. The highest BCUT2D eigenvalue weighted by atomic mass is 16.4. The van der Waals surface area contributed by atoms with E-state index in [0.29, 0.717) is 6.42 Å². The Labute approximate surface area is 79.3 Å².